The van der Waals surface area contributed by atoms with E-state index in [2.05, 4.69) is 30.6 Å². The standard InChI is InChI=1S/C26H28N6O4S/c1-14-9-16(13-28-37(34,35)19-6-7-19)3-8-21(14)30-24-15(2)12-27-25(32-24)29-18-5-4-17-10-22-23(20(17)11-18)31-26(33)36-22/h3-5,8-9,11-12,19,22-23,28H,6-7,10,13H2,1-2H3,(H,31,33)(H2,27,29,30,32)/t22?,23-/m0/s1. The van der Waals surface area contributed by atoms with Crippen LogP contribution in [0.4, 0.5) is 27.9 Å². The van der Waals surface area contributed by atoms with Crippen LogP contribution in [0.2, 0.25) is 0 Å². The second-order valence-corrected chi connectivity index (χ2v) is 11.9. The van der Waals surface area contributed by atoms with Crippen LogP contribution in [0.3, 0.4) is 0 Å². The summed E-state index contributed by atoms with van der Waals surface area (Å²) in [6, 6.07) is 11.7. The largest absolute Gasteiger partial charge is 0.443 e. The number of rotatable bonds is 8. The third kappa shape index (κ3) is 4.84. The summed E-state index contributed by atoms with van der Waals surface area (Å²) in [5.41, 5.74) is 6.66. The first-order valence-corrected chi connectivity index (χ1v) is 13.9. The van der Waals surface area contributed by atoms with Gasteiger partial charge in [0.1, 0.15) is 11.9 Å². The van der Waals surface area contributed by atoms with E-state index in [9.17, 15) is 13.2 Å². The van der Waals surface area contributed by atoms with E-state index in [1.807, 2.05) is 50.2 Å². The number of carbonyl (C=O) groups excluding carboxylic acids is 1. The van der Waals surface area contributed by atoms with E-state index in [1.165, 1.54) is 0 Å². The molecule has 1 aromatic heterocycles. The molecule has 192 valence electrons. The molecule has 2 aliphatic carbocycles. The van der Waals surface area contributed by atoms with Gasteiger partial charge in [-0.15, -0.1) is 0 Å². The normalized spacial score (nSPS) is 20.1. The molecular formula is C26H28N6O4S. The molecule has 0 bridgehead atoms. The molecule has 1 unspecified atom stereocenters. The fourth-order valence-electron chi connectivity index (χ4n) is 4.80. The summed E-state index contributed by atoms with van der Waals surface area (Å²) >= 11 is 0. The minimum Gasteiger partial charge on any atom is -0.443 e. The summed E-state index contributed by atoms with van der Waals surface area (Å²) in [4.78, 5) is 20.7. The van der Waals surface area contributed by atoms with Crippen molar-refractivity contribution >= 4 is 39.3 Å². The van der Waals surface area contributed by atoms with Crippen LogP contribution in [0.15, 0.2) is 42.6 Å². The average molecular weight is 521 g/mol. The summed E-state index contributed by atoms with van der Waals surface area (Å²) in [6.07, 6.45) is 3.41. The minimum atomic E-state index is -3.22. The van der Waals surface area contributed by atoms with Crippen LogP contribution < -0.4 is 20.7 Å². The Bertz CT molecular complexity index is 1500. The van der Waals surface area contributed by atoms with E-state index >= 15 is 0 Å². The number of hydrogen-bond donors (Lipinski definition) is 4. The molecule has 10 nitrogen and oxygen atoms in total. The molecule has 6 rings (SSSR count). The van der Waals surface area contributed by atoms with E-state index in [0.29, 0.717) is 18.2 Å². The third-order valence-electron chi connectivity index (χ3n) is 7.02. The minimum absolute atomic E-state index is 0.129. The lowest BCUT2D eigenvalue weighted by Crippen LogP contribution is -2.26. The van der Waals surface area contributed by atoms with Gasteiger partial charge in [0.25, 0.3) is 0 Å². The number of sulfonamides is 1. The molecule has 0 radical (unpaired) electrons. The van der Waals surface area contributed by atoms with E-state index in [0.717, 1.165) is 52.0 Å². The molecule has 2 atom stereocenters. The predicted octanol–water partition coefficient (Wildman–Crippen LogP) is 3.87. The van der Waals surface area contributed by atoms with Gasteiger partial charge in [0, 0.05) is 36.1 Å². The zero-order valence-electron chi connectivity index (χ0n) is 20.5. The second-order valence-electron chi connectivity index (χ2n) is 9.87. The van der Waals surface area contributed by atoms with E-state index < -0.39 is 10.0 Å². The molecule has 2 fully saturated rings. The third-order valence-corrected chi connectivity index (χ3v) is 8.91. The quantitative estimate of drug-likeness (QED) is 0.352. The maximum atomic E-state index is 12.1. The van der Waals surface area contributed by atoms with Crippen molar-refractivity contribution in [3.05, 3.63) is 70.4 Å². The number of hydrogen-bond acceptors (Lipinski definition) is 8. The summed E-state index contributed by atoms with van der Waals surface area (Å²) in [5, 5.41) is 9.29. The van der Waals surface area contributed by atoms with Gasteiger partial charge in [-0.1, -0.05) is 18.2 Å². The van der Waals surface area contributed by atoms with Gasteiger partial charge >= 0.3 is 6.09 Å². The molecule has 3 aromatic rings. The van der Waals surface area contributed by atoms with Gasteiger partial charge < -0.3 is 20.7 Å². The molecule has 0 spiro atoms. The average Bonchev–Trinajstić information content (AvgIpc) is 3.60. The molecule has 1 amide bonds. The van der Waals surface area contributed by atoms with Crippen molar-refractivity contribution < 1.29 is 17.9 Å². The Balaban J connectivity index is 1.15. The molecule has 4 N–H and O–H groups in total. The van der Waals surface area contributed by atoms with Crippen LogP contribution in [0.1, 0.15) is 46.7 Å². The Kier molecular flexibility index (Phi) is 5.76. The van der Waals surface area contributed by atoms with Crippen molar-refractivity contribution in [3.8, 4) is 0 Å². The van der Waals surface area contributed by atoms with Gasteiger partial charge in [-0.3, -0.25) is 0 Å². The molecule has 1 saturated heterocycles. The van der Waals surface area contributed by atoms with Crippen LogP contribution in [-0.2, 0) is 27.7 Å². The maximum Gasteiger partial charge on any atom is 0.408 e. The molecule has 1 saturated carbocycles. The number of nitrogens with zero attached hydrogens (tertiary/aromatic N) is 2. The molecule has 37 heavy (non-hydrogen) atoms. The highest BCUT2D eigenvalue weighted by molar-refractivity contribution is 7.90. The van der Waals surface area contributed by atoms with Crippen molar-refractivity contribution in [1.82, 2.24) is 20.0 Å². The highest BCUT2D eigenvalue weighted by Crippen LogP contribution is 2.38. The number of anilines is 4. The first kappa shape index (κ1) is 23.7. The SMILES string of the molecule is Cc1cc(CNS(=O)(=O)C2CC2)ccc1Nc1nc(Nc2ccc3c(c2)[C@@H]2NC(=O)OC2C3)ncc1C. The first-order chi connectivity index (χ1) is 17.7. The zero-order chi connectivity index (χ0) is 25.7. The highest BCUT2D eigenvalue weighted by Gasteiger charge is 2.41. The summed E-state index contributed by atoms with van der Waals surface area (Å²) in [5.74, 6) is 1.11. The number of aryl methyl sites for hydroxylation is 2. The number of benzene rings is 2. The van der Waals surface area contributed by atoms with Gasteiger partial charge in [-0.25, -0.2) is 22.9 Å². The van der Waals surface area contributed by atoms with Crippen LogP contribution in [0.5, 0.6) is 0 Å². The number of amides is 1. The number of fused-ring (bicyclic) bond motifs is 3. The van der Waals surface area contributed by atoms with Crippen LogP contribution in [0, 0.1) is 13.8 Å². The van der Waals surface area contributed by atoms with Crippen LogP contribution in [0.25, 0.3) is 0 Å². The molecule has 2 aromatic carbocycles. The molecular weight excluding hydrogens is 492 g/mol. The van der Waals surface area contributed by atoms with Crippen molar-refractivity contribution in [3.63, 3.8) is 0 Å². The molecule has 2 heterocycles. The van der Waals surface area contributed by atoms with Crippen molar-refractivity contribution in [2.24, 2.45) is 0 Å². The fraction of sp³-hybridized carbons (Fsp3) is 0.346. The number of ether oxygens (including phenoxy) is 1. The van der Waals surface area contributed by atoms with Crippen LogP contribution in [-0.4, -0.2) is 35.8 Å². The Labute approximate surface area is 215 Å². The van der Waals surface area contributed by atoms with Gasteiger partial charge in [0.05, 0.1) is 11.3 Å². The number of alkyl carbamates (subject to hydrolysis) is 1. The lowest BCUT2D eigenvalue weighted by Gasteiger charge is -2.15. The lowest BCUT2D eigenvalue weighted by atomic mass is 10.1. The predicted molar refractivity (Wildman–Crippen MR) is 140 cm³/mol. The topological polar surface area (TPSA) is 134 Å². The Morgan fingerprint density at radius 3 is 2.70 bits per heavy atom. The Morgan fingerprint density at radius 2 is 1.92 bits per heavy atom. The van der Waals surface area contributed by atoms with Crippen LogP contribution >= 0.6 is 0 Å². The summed E-state index contributed by atoms with van der Waals surface area (Å²) < 4.78 is 32.3. The molecule has 1 aliphatic heterocycles. The van der Waals surface area contributed by atoms with Gasteiger partial charge in [0.15, 0.2) is 0 Å². The Hall–Kier alpha value is -3.70. The monoisotopic (exact) mass is 520 g/mol. The summed E-state index contributed by atoms with van der Waals surface area (Å²) in [6.45, 7) is 4.18. The Morgan fingerprint density at radius 1 is 1.08 bits per heavy atom. The number of aromatic nitrogens is 2. The second kappa shape index (κ2) is 9.00. The summed E-state index contributed by atoms with van der Waals surface area (Å²) in [7, 11) is -3.22. The first-order valence-electron chi connectivity index (χ1n) is 12.3. The zero-order valence-corrected chi connectivity index (χ0v) is 21.4. The van der Waals surface area contributed by atoms with Crippen molar-refractivity contribution in [2.75, 3.05) is 10.6 Å². The van der Waals surface area contributed by atoms with Gasteiger partial charge in [0.2, 0.25) is 16.0 Å². The molecule has 3 aliphatic rings. The van der Waals surface area contributed by atoms with E-state index in [1.54, 1.807) is 6.20 Å². The smallest absolute Gasteiger partial charge is 0.408 e. The van der Waals surface area contributed by atoms with E-state index in [4.69, 9.17) is 4.74 Å². The lowest BCUT2D eigenvalue weighted by molar-refractivity contribution is 0.136. The maximum absolute atomic E-state index is 12.1. The molecule has 11 heteroatoms. The van der Waals surface area contributed by atoms with Gasteiger partial charge in [-0.05, 0) is 67.1 Å². The van der Waals surface area contributed by atoms with E-state index in [-0.39, 0.29) is 30.0 Å². The number of nitrogens with one attached hydrogen (secondary N) is 4. The van der Waals surface area contributed by atoms with Crippen molar-refractivity contribution in [1.29, 1.82) is 0 Å². The number of carbonyl (C=O) groups is 1. The van der Waals surface area contributed by atoms with Crippen molar-refractivity contribution in [2.45, 2.75) is 57.1 Å². The van der Waals surface area contributed by atoms with Gasteiger partial charge in [-0.2, -0.15) is 4.98 Å². The fourth-order valence-corrected chi connectivity index (χ4v) is 6.16. The highest BCUT2D eigenvalue weighted by atomic mass is 32.2.